The molecule has 0 atom stereocenters. The van der Waals surface area contributed by atoms with Crippen molar-refractivity contribution in [3.63, 3.8) is 0 Å². The predicted molar refractivity (Wildman–Crippen MR) is 133 cm³/mol. The molecule has 1 N–H and O–H groups in total. The van der Waals surface area contributed by atoms with Crippen LogP contribution in [-0.2, 0) is 21.2 Å². The molecule has 1 amide bonds. The van der Waals surface area contributed by atoms with Crippen LogP contribution >= 0.6 is 15.9 Å². The SMILES string of the molecule is O=C(C1CC1)N1CCc2cc(Br)cc(S(=O)(=O)NCCN3CCN(c4ccccc4)CC3)c21. The van der Waals surface area contributed by atoms with Gasteiger partial charge in [0.2, 0.25) is 15.9 Å². The van der Waals surface area contributed by atoms with Gasteiger partial charge in [-0.3, -0.25) is 9.69 Å². The van der Waals surface area contributed by atoms with Crippen LogP contribution in [0.5, 0.6) is 0 Å². The lowest BCUT2D eigenvalue weighted by Crippen LogP contribution is -2.48. The summed E-state index contributed by atoms with van der Waals surface area (Å²) in [6.45, 7) is 5.19. The molecule has 0 bridgehead atoms. The number of benzene rings is 2. The molecule has 2 aromatic carbocycles. The number of amides is 1. The fourth-order valence-electron chi connectivity index (χ4n) is 4.73. The normalized spacial score (nSPS) is 19.1. The molecule has 7 nitrogen and oxygen atoms in total. The van der Waals surface area contributed by atoms with Crippen molar-refractivity contribution in [2.75, 3.05) is 55.6 Å². The summed E-state index contributed by atoms with van der Waals surface area (Å²) in [7, 11) is -3.75. The van der Waals surface area contributed by atoms with Crippen molar-refractivity contribution in [3.05, 3.63) is 52.5 Å². The quantitative estimate of drug-likeness (QED) is 0.593. The van der Waals surface area contributed by atoms with Gasteiger partial charge in [0.15, 0.2) is 0 Å². The highest BCUT2D eigenvalue weighted by Gasteiger charge is 2.39. The van der Waals surface area contributed by atoms with Crippen LogP contribution in [0.2, 0.25) is 0 Å². The van der Waals surface area contributed by atoms with E-state index in [1.807, 2.05) is 12.1 Å². The summed E-state index contributed by atoms with van der Waals surface area (Å²) in [6, 6.07) is 13.9. The minimum Gasteiger partial charge on any atom is -0.369 e. The van der Waals surface area contributed by atoms with Crippen molar-refractivity contribution in [1.82, 2.24) is 9.62 Å². The molecule has 2 fully saturated rings. The average molecular weight is 533 g/mol. The number of hydrogen-bond acceptors (Lipinski definition) is 5. The molecule has 9 heteroatoms. The minimum absolute atomic E-state index is 0.0534. The Labute approximate surface area is 203 Å². The van der Waals surface area contributed by atoms with Gasteiger partial charge < -0.3 is 9.80 Å². The van der Waals surface area contributed by atoms with Crippen molar-refractivity contribution in [3.8, 4) is 0 Å². The first-order chi connectivity index (χ1) is 15.9. The van der Waals surface area contributed by atoms with E-state index in [2.05, 4.69) is 54.7 Å². The summed E-state index contributed by atoms with van der Waals surface area (Å²) in [6.07, 6.45) is 2.49. The smallest absolute Gasteiger partial charge is 0.242 e. The summed E-state index contributed by atoms with van der Waals surface area (Å²) < 4.78 is 30.1. The topological polar surface area (TPSA) is 73.0 Å². The van der Waals surface area contributed by atoms with E-state index in [4.69, 9.17) is 0 Å². The molecular formula is C24H29BrN4O3S. The van der Waals surface area contributed by atoms with Crippen LogP contribution < -0.4 is 14.5 Å². The van der Waals surface area contributed by atoms with Gasteiger partial charge in [-0.1, -0.05) is 34.1 Å². The minimum atomic E-state index is -3.75. The Morgan fingerprint density at radius 3 is 2.45 bits per heavy atom. The van der Waals surface area contributed by atoms with Gasteiger partial charge in [-0.25, -0.2) is 13.1 Å². The zero-order valence-corrected chi connectivity index (χ0v) is 20.9. The van der Waals surface area contributed by atoms with Crippen LogP contribution in [0.3, 0.4) is 0 Å². The molecule has 1 aliphatic carbocycles. The van der Waals surface area contributed by atoms with Crippen molar-refractivity contribution in [2.24, 2.45) is 5.92 Å². The van der Waals surface area contributed by atoms with Crippen LogP contribution in [0, 0.1) is 5.92 Å². The summed E-state index contributed by atoms with van der Waals surface area (Å²) in [4.78, 5) is 19.3. The molecule has 0 unspecified atom stereocenters. The summed E-state index contributed by atoms with van der Waals surface area (Å²) in [5.41, 5.74) is 2.71. The van der Waals surface area contributed by atoms with E-state index >= 15 is 0 Å². The second-order valence-electron chi connectivity index (χ2n) is 8.99. The highest BCUT2D eigenvalue weighted by molar-refractivity contribution is 9.10. The Morgan fingerprint density at radius 1 is 1.03 bits per heavy atom. The highest BCUT2D eigenvalue weighted by atomic mass is 79.9. The van der Waals surface area contributed by atoms with E-state index in [1.54, 1.807) is 11.0 Å². The standard InChI is InChI=1S/C24H29BrN4O3S/c25-20-16-19-8-10-29(24(30)18-6-7-18)23(19)22(17-20)33(31,32)26-9-11-27-12-14-28(15-13-27)21-4-2-1-3-5-21/h1-5,16-18,26H,6-15H2. The van der Waals surface area contributed by atoms with E-state index < -0.39 is 10.0 Å². The second-order valence-corrected chi connectivity index (χ2v) is 11.6. The maximum absolute atomic E-state index is 13.3. The number of halogens is 1. The van der Waals surface area contributed by atoms with Crippen molar-refractivity contribution >= 4 is 43.2 Å². The van der Waals surface area contributed by atoms with E-state index in [-0.39, 0.29) is 16.7 Å². The number of nitrogens with one attached hydrogen (secondary N) is 1. The Hall–Kier alpha value is -1.94. The lowest BCUT2D eigenvalue weighted by atomic mass is 10.2. The predicted octanol–water partition coefficient (Wildman–Crippen LogP) is 2.85. The Bertz CT molecular complexity index is 1130. The first-order valence-corrected chi connectivity index (χ1v) is 13.9. The van der Waals surface area contributed by atoms with Gasteiger partial charge in [0, 0.05) is 61.9 Å². The molecule has 2 heterocycles. The van der Waals surface area contributed by atoms with Gasteiger partial charge in [-0.2, -0.15) is 0 Å². The number of nitrogens with zero attached hydrogens (tertiary/aromatic N) is 3. The highest BCUT2D eigenvalue weighted by Crippen LogP contribution is 2.41. The molecule has 33 heavy (non-hydrogen) atoms. The summed E-state index contributed by atoms with van der Waals surface area (Å²) in [5.74, 6) is 0.112. The maximum atomic E-state index is 13.3. The molecule has 1 saturated carbocycles. The number of carbonyl (C=O) groups excluding carboxylic acids is 1. The van der Waals surface area contributed by atoms with Gasteiger partial charge in [-0.05, 0) is 49.1 Å². The van der Waals surface area contributed by atoms with Crippen LogP contribution in [0.1, 0.15) is 18.4 Å². The number of rotatable bonds is 7. The van der Waals surface area contributed by atoms with Gasteiger partial charge in [0.1, 0.15) is 4.90 Å². The maximum Gasteiger partial charge on any atom is 0.242 e. The van der Waals surface area contributed by atoms with Crippen LogP contribution in [0.25, 0.3) is 0 Å². The van der Waals surface area contributed by atoms with Crippen LogP contribution in [0.4, 0.5) is 11.4 Å². The fraction of sp³-hybridized carbons (Fsp3) is 0.458. The number of para-hydroxylation sites is 1. The average Bonchev–Trinajstić information content (AvgIpc) is 3.59. The third kappa shape index (κ3) is 4.96. The van der Waals surface area contributed by atoms with Gasteiger partial charge in [0.05, 0.1) is 5.69 Å². The number of carbonyl (C=O) groups is 1. The molecule has 2 aliphatic heterocycles. The Kier molecular flexibility index (Phi) is 6.48. The summed E-state index contributed by atoms with van der Waals surface area (Å²) >= 11 is 3.45. The largest absolute Gasteiger partial charge is 0.369 e. The molecule has 0 radical (unpaired) electrons. The van der Waals surface area contributed by atoms with Crippen LogP contribution in [0.15, 0.2) is 51.8 Å². The molecule has 0 aromatic heterocycles. The van der Waals surface area contributed by atoms with E-state index in [0.717, 1.165) is 49.1 Å². The number of sulfonamides is 1. The van der Waals surface area contributed by atoms with E-state index in [9.17, 15) is 13.2 Å². The van der Waals surface area contributed by atoms with E-state index in [0.29, 0.717) is 31.7 Å². The lowest BCUT2D eigenvalue weighted by Gasteiger charge is -2.36. The lowest BCUT2D eigenvalue weighted by molar-refractivity contribution is -0.119. The van der Waals surface area contributed by atoms with Crippen LogP contribution in [-0.4, -0.2) is 65.0 Å². The van der Waals surface area contributed by atoms with Gasteiger partial charge in [-0.15, -0.1) is 0 Å². The molecular weight excluding hydrogens is 504 g/mol. The molecule has 176 valence electrons. The third-order valence-electron chi connectivity index (χ3n) is 6.69. The third-order valence-corrected chi connectivity index (χ3v) is 8.62. The zero-order valence-electron chi connectivity index (χ0n) is 18.5. The number of fused-ring (bicyclic) bond motifs is 1. The Morgan fingerprint density at radius 2 is 1.76 bits per heavy atom. The van der Waals surface area contributed by atoms with E-state index in [1.165, 1.54) is 5.69 Å². The molecule has 1 saturated heterocycles. The Balaban J connectivity index is 1.22. The second kappa shape index (κ2) is 9.37. The zero-order chi connectivity index (χ0) is 23.0. The first-order valence-electron chi connectivity index (χ1n) is 11.6. The molecule has 0 spiro atoms. The van der Waals surface area contributed by atoms with Crippen molar-refractivity contribution < 1.29 is 13.2 Å². The molecule has 3 aliphatic rings. The number of hydrogen-bond donors (Lipinski definition) is 1. The van der Waals surface area contributed by atoms with Gasteiger partial charge in [0.25, 0.3) is 0 Å². The van der Waals surface area contributed by atoms with Crippen molar-refractivity contribution in [2.45, 2.75) is 24.2 Å². The van der Waals surface area contributed by atoms with Gasteiger partial charge >= 0.3 is 0 Å². The van der Waals surface area contributed by atoms with Crippen molar-refractivity contribution in [1.29, 1.82) is 0 Å². The fourth-order valence-corrected chi connectivity index (χ4v) is 6.68. The first kappa shape index (κ1) is 22.8. The molecule has 2 aromatic rings. The monoisotopic (exact) mass is 532 g/mol. The number of piperazine rings is 1. The number of anilines is 2. The summed E-state index contributed by atoms with van der Waals surface area (Å²) in [5, 5.41) is 0. The molecule has 5 rings (SSSR count).